The van der Waals surface area contributed by atoms with Gasteiger partial charge in [-0.05, 0) is 37.8 Å². The lowest BCUT2D eigenvalue weighted by Gasteiger charge is -2.16. The first-order valence-electron chi connectivity index (χ1n) is 7.31. The van der Waals surface area contributed by atoms with Crippen molar-refractivity contribution in [1.29, 1.82) is 0 Å². The molecule has 1 fully saturated rings. The van der Waals surface area contributed by atoms with Crippen molar-refractivity contribution in [1.82, 2.24) is 9.47 Å². The zero-order valence-electron chi connectivity index (χ0n) is 12.9. The fourth-order valence-corrected chi connectivity index (χ4v) is 3.64. The van der Waals surface area contributed by atoms with Gasteiger partial charge in [0.15, 0.2) is 0 Å². The SMILES string of the molecule is C#CCn1cc(C=C2SC(=O)N(C(C)C)C2=O)c2ccccc21. The van der Waals surface area contributed by atoms with Gasteiger partial charge in [0.25, 0.3) is 11.1 Å². The number of terminal acetylenes is 1. The number of para-hydroxylation sites is 1. The first-order valence-corrected chi connectivity index (χ1v) is 8.13. The number of aromatic nitrogens is 1. The number of rotatable bonds is 3. The second-order valence-corrected chi connectivity index (χ2v) is 6.57. The second kappa shape index (κ2) is 5.98. The van der Waals surface area contributed by atoms with Crippen molar-refractivity contribution in [3.05, 3.63) is 40.9 Å². The Balaban J connectivity index is 2.07. The molecule has 5 heteroatoms. The Labute approximate surface area is 139 Å². The van der Waals surface area contributed by atoms with Crippen LogP contribution in [-0.2, 0) is 11.3 Å². The minimum Gasteiger partial charge on any atom is -0.335 e. The highest BCUT2D eigenvalue weighted by Crippen LogP contribution is 2.35. The highest BCUT2D eigenvalue weighted by molar-refractivity contribution is 8.18. The van der Waals surface area contributed by atoms with Gasteiger partial charge < -0.3 is 4.57 Å². The van der Waals surface area contributed by atoms with Crippen LogP contribution in [0.3, 0.4) is 0 Å². The maximum atomic E-state index is 12.4. The van der Waals surface area contributed by atoms with Crippen molar-refractivity contribution in [2.75, 3.05) is 0 Å². The molecular formula is C18H16N2O2S. The Morgan fingerprint density at radius 3 is 2.70 bits per heavy atom. The minimum atomic E-state index is -0.233. The number of hydrogen-bond acceptors (Lipinski definition) is 3. The van der Waals surface area contributed by atoms with Gasteiger partial charge in [-0.25, -0.2) is 0 Å². The maximum Gasteiger partial charge on any atom is 0.293 e. The zero-order valence-corrected chi connectivity index (χ0v) is 13.8. The molecule has 3 rings (SSSR count). The van der Waals surface area contributed by atoms with Gasteiger partial charge >= 0.3 is 0 Å². The molecule has 23 heavy (non-hydrogen) atoms. The quantitative estimate of drug-likeness (QED) is 0.638. The molecule has 1 saturated heterocycles. The van der Waals surface area contributed by atoms with Crippen molar-refractivity contribution < 1.29 is 9.59 Å². The lowest BCUT2D eigenvalue weighted by atomic mass is 10.1. The third kappa shape index (κ3) is 2.66. The predicted octanol–water partition coefficient (Wildman–Crippen LogP) is 3.72. The number of carbonyl (C=O) groups excluding carboxylic acids is 2. The van der Waals surface area contributed by atoms with E-state index in [1.54, 1.807) is 6.08 Å². The first-order chi connectivity index (χ1) is 11.0. The Bertz CT molecular complexity index is 871. The van der Waals surface area contributed by atoms with E-state index in [0.29, 0.717) is 11.4 Å². The van der Waals surface area contributed by atoms with E-state index >= 15 is 0 Å². The van der Waals surface area contributed by atoms with Crippen molar-refractivity contribution in [2.24, 2.45) is 0 Å². The van der Waals surface area contributed by atoms with Gasteiger partial charge in [0, 0.05) is 28.7 Å². The van der Waals surface area contributed by atoms with E-state index in [-0.39, 0.29) is 17.2 Å². The van der Waals surface area contributed by atoms with E-state index in [1.165, 1.54) is 4.90 Å². The van der Waals surface area contributed by atoms with Crippen LogP contribution in [0.2, 0.25) is 0 Å². The summed E-state index contributed by atoms with van der Waals surface area (Å²) in [7, 11) is 0. The van der Waals surface area contributed by atoms with Gasteiger partial charge in [0.1, 0.15) is 0 Å². The molecule has 2 amide bonds. The molecule has 1 aliphatic heterocycles. The van der Waals surface area contributed by atoms with Gasteiger partial charge in [-0.2, -0.15) is 0 Å². The number of hydrogen-bond donors (Lipinski definition) is 0. The van der Waals surface area contributed by atoms with Crippen LogP contribution in [0.5, 0.6) is 0 Å². The summed E-state index contributed by atoms with van der Waals surface area (Å²) in [6.45, 7) is 4.12. The number of benzene rings is 1. The number of amides is 2. The molecule has 1 aliphatic rings. The van der Waals surface area contributed by atoms with Crippen molar-refractivity contribution in [3.8, 4) is 12.3 Å². The topological polar surface area (TPSA) is 42.3 Å². The first kappa shape index (κ1) is 15.4. The molecule has 1 aromatic heterocycles. The summed E-state index contributed by atoms with van der Waals surface area (Å²) in [6, 6.07) is 7.73. The highest BCUT2D eigenvalue weighted by atomic mass is 32.2. The minimum absolute atomic E-state index is 0.142. The largest absolute Gasteiger partial charge is 0.335 e. The predicted molar refractivity (Wildman–Crippen MR) is 93.7 cm³/mol. The number of nitrogens with zero attached hydrogens (tertiary/aromatic N) is 2. The number of carbonyl (C=O) groups is 2. The van der Waals surface area contributed by atoms with E-state index in [1.807, 2.05) is 48.9 Å². The average molecular weight is 324 g/mol. The summed E-state index contributed by atoms with van der Waals surface area (Å²) in [5.74, 6) is 2.40. The molecule has 0 aliphatic carbocycles. The van der Waals surface area contributed by atoms with Gasteiger partial charge in [-0.15, -0.1) is 6.42 Å². The van der Waals surface area contributed by atoms with E-state index in [0.717, 1.165) is 28.2 Å². The fraction of sp³-hybridized carbons (Fsp3) is 0.222. The van der Waals surface area contributed by atoms with E-state index < -0.39 is 0 Å². The molecule has 0 saturated carbocycles. The molecular weight excluding hydrogens is 308 g/mol. The maximum absolute atomic E-state index is 12.4. The Morgan fingerprint density at radius 1 is 1.30 bits per heavy atom. The van der Waals surface area contributed by atoms with E-state index in [4.69, 9.17) is 6.42 Å². The Hall–Kier alpha value is -2.45. The summed E-state index contributed by atoms with van der Waals surface area (Å²) in [5.41, 5.74) is 1.91. The van der Waals surface area contributed by atoms with Crippen LogP contribution in [0, 0.1) is 12.3 Å². The van der Waals surface area contributed by atoms with Crippen LogP contribution in [0.4, 0.5) is 4.79 Å². The van der Waals surface area contributed by atoms with Crippen LogP contribution in [0.15, 0.2) is 35.4 Å². The molecule has 0 bridgehead atoms. The molecule has 116 valence electrons. The fourth-order valence-electron chi connectivity index (χ4n) is 2.69. The smallest absolute Gasteiger partial charge is 0.293 e. The van der Waals surface area contributed by atoms with Crippen molar-refractivity contribution in [3.63, 3.8) is 0 Å². The zero-order chi connectivity index (χ0) is 16.6. The summed E-state index contributed by atoms with van der Waals surface area (Å²) in [6.07, 6.45) is 9.13. The molecule has 1 aromatic carbocycles. The molecule has 0 unspecified atom stereocenters. The molecule has 4 nitrogen and oxygen atoms in total. The standard InChI is InChI=1S/C18H16N2O2S/c1-4-9-19-11-13(14-7-5-6-8-15(14)19)10-16-17(21)20(12(2)3)18(22)23-16/h1,5-8,10-12H,9H2,2-3H3. The second-order valence-electron chi connectivity index (χ2n) is 5.58. The molecule has 2 aromatic rings. The monoisotopic (exact) mass is 324 g/mol. The summed E-state index contributed by atoms with van der Waals surface area (Å²) in [5, 5.41) is 0.794. The van der Waals surface area contributed by atoms with Crippen molar-refractivity contribution >= 4 is 39.9 Å². The van der Waals surface area contributed by atoms with Crippen LogP contribution >= 0.6 is 11.8 Å². The van der Waals surface area contributed by atoms with Gasteiger partial charge in [-0.3, -0.25) is 14.5 Å². The molecule has 0 spiro atoms. The Morgan fingerprint density at radius 2 is 2.04 bits per heavy atom. The number of imide groups is 1. The lowest BCUT2D eigenvalue weighted by Crippen LogP contribution is -2.34. The average Bonchev–Trinajstić information content (AvgIpc) is 2.99. The molecule has 0 atom stereocenters. The Kier molecular flexibility index (Phi) is 4.01. The van der Waals surface area contributed by atoms with Gasteiger partial charge in [0.2, 0.25) is 0 Å². The number of fused-ring (bicyclic) bond motifs is 1. The van der Waals surface area contributed by atoms with Gasteiger partial charge in [-0.1, -0.05) is 24.1 Å². The van der Waals surface area contributed by atoms with Crippen LogP contribution < -0.4 is 0 Å². The lowest BCUT2D eigenvalue weighted by molar-refractivity contribution is -0.123. The van der Waals surface area contributed by atoms with Gasteiger partial charge in [0.05, 0.1) is 11.4 Å². The third-order valence-electron chi connectivity index (χ3n) is 3.71. The summed E-state index contributed by atoms with van der Waals surface area (Å²) < 4.78 is 1.97. The number of thioether (sulfide) groups is 1. The van der Waals surface area contributed by atoms with Crippen LogP contribution in [0.25, 0.3) is 17.0 Å². The molecule has 2 heterocycles. The molecule has 0 radical (unpaired) electrons. The summed E-state index contributed by atoms with van der Waals surface area (Å²) >= 11 is 0.985. The highest BCUT2D eigenvalue weighted by Gasteiger charge is 2.36. The van der Waals surface area contributed by atoms with Crippen LogP contribution in [0.1, 0.15) is 19.4 Å². The van der Waals surface area contributed by atoms with Crippen molar-refractivity contribution in [2.45, 2.75) is 26.4 Å². The third-order valence-corrected chi connectivity index (χ3v) is 4.59. The summed E-state index contributed by atoms with van der Waals surface area (Å²) in [4.78, 5) is 26.1. The van der Waals surface area contributed by atoms with E-state index in [2.05, 4.69) is 5.92 Å². The molecule has 0 N–H and O–H groups in total. The van der Waals surface area contributed by atoms with Crippen LogP contribution in [-0.4, -0.2) is 26.7 Å². The van der Waals surface area contributed by atoms with E-state index in [9.17, 15) is 9.59 Å². The normalized spacial score (nSPS) is 16.8.